The van der Waals surface area contributed by atoms with Crippen molar-refractivity contribution in [2.24, 2.45) is 0 Å². The van der Waals surface area contributed by atoms with Crippen molar-refractivity contribution in [2.75, 3.05) is 0 Å². The summed E-state index contributed by atoms with van der Waals surface area (Å²) in [5, 5.41) is 8.97. The molecule has 4 nitrogen and oxygen atoms in total. The van der Waals surface area contributed by atoms with E-state index in [1.54, 1.807) is 0 Å². The van der Waals surface area contributed by atoms with Crippen molar-refractivity contribution in [3.05, 3.63) is 33.2 Å². The second-order valence-electron chi connectivity index (χ2n) is 4.10. The highest BCUT2D eigenvalue weighted by Crippen LogP contribution is 2.19. The number of aromatic carboxylic acids is 1. The van der Waals surface area contributed by atoms with Crippen molar-refractivity contribution >= 4 is 5.97 Å². The highest BCUT2D eigenvalue weighted by molar-refractivity contribution is 5.87. The number of carboxylic acids is 1. The van der Waals surface area contributed by atoms with Crippen LogP contribution in [-0.2, 0) is 19.4 Å². The molecule has 0 bridgehead atoms. The van der Waals surface area contributed by atoms with Gasteiger partial charge in [-0.3, -0.25) is 4.79 Å². The maximum Gasteiger partial charge on any atom is 0.341 e. The number of carbonyl (C=O) groups is 1. The zero-order valence-corrected chi connectivity index (χ0v) is 9.32. The van der Waals surface area contributed by atoms with Gasteiger partial charge in [0.25, 0.3) is 0 Å². The minimum Gasteiger partial charge on any atom is -0.477 e. The molecule has 86 valence electrons. The lowest BCUT2D eigenvalue weighted by Gasteiger charge is -2.20. The minimum absolute atomic E-state index is 0.0949. The number of hydrogen-bond acceptors (Lipinski definition) is 2. The fourth-order valence-corrected chi connectivity index (χ4v) is 2.34. The van der Waals surface area contributed by atoms with E-state index in [1.807, 2.05) is 11.5 Å². The van der Waals surface area contributed by atoms with Gasteiger partial charge in [0.2, 0.25) is 0 Å². The Morgan fingerprint density at radius 2 is 2.12 bits per heavy atom. The fraction of sp³-hybridized carbons (Fsp3) is 0.500. The smallest absolute Gasteiger partial charge is 0.341 e. The summed E-state index contributed by atoms with van der Waals surface area (Å²) < 4.78 is 1.90. The minimum atomic E-state index is -1.12. The van der Waals surface area contributed by atoms with E-state index in [-0.39, 0.29) is 11.0 Å². The molecule has 0 radical (unpaired) electrons. The highest BCUT2D eigenvalue weighted by Gasteiger charge is 2.20. The number of aryl methyl sites for hydroxylation is 1. The predicted molar refractivity (Wildman–Crippen MR) is 60.0 cm³/mol. The van der Waals surface area contributed by atoms with Crippen LogP contribution in [0.25, 0.3) is 0 Å². The van der Waals surface area contributed by atoms with Crippen molar-refractivity contribution in [3.63, 3.8) is 0 Å². The van der Waals surface area contributed by atoms with Crippen LogP contribution in [0.1, 0.15) is 41.4 Å². The third kappa shape index (κ3) is 1.64. The quantitative estimate of drug-likeness (QED) is 0.822. The lowest BCUT2D eigenvalue weighted by atomic mass is 9.94. The normalized spacial score (nSPS) is 14.6. The first-order valence-corrected chi connectivity index (χ1v) is 5.63. The third-order valence-corrected chi connectivity index (χ3v) is 3.16. The van der Waals surface area contributed by atoms with Crippen molar-refractivity contribution < 1.29 is 9.90 Å². The van der Waals surface area contributed by atoms with E-state index in [4.69, 9.17) is 5.11 Å². The molecule has 0 atom stereocenters. The molecule has 0 aromatic carbocycles. The Bertz CT molecular complexity index is 488. The Morgan fingerprint density at radius 1 is 1.44 bits per heavy atom. The van der Waals surface area contributed by atoms with Crippen LogP contribution in [0.2, 0.25) is 0 Å². The van der Waals surface area contributed by atoms with Crippen LogP contribution in [0.5, 0.6) is 0 Å². The van der Waals surface area contributed by atoms with Gasteiger partial charge >= 0.3 is 5.97 Å². The first kappa shape index (κ1) is 10.9. The number of rotatable bonds is 2. The van der Waals surface area contributed by atoms with Crippen LogP contribution in [0.4, 0.5) is 0 Å². The summed E-state index contributed by atoms with van der Waals surface area (Å²) in [6, 6.07) is 0. The summed E-state index contributed by atoms with van der Waals surface area (Å²) in [6.07, 6.45) is 5.15. The SMILES string of the molecule is CCn1cc(C(=O)O)c(=O)c2c1CCCC2. The average Bonchev–Trinajstić information content (AvgIpc) is 2.29. The Morgan fingerprint density at radius 3 is 2.75 bits per heavy atom. The maximum atomic E-state index is 11.9. The fourth-order valence-electron chi connectivity index (χ4n) is 2.34. The summed E-state index contributed by atoms with van der Waals surface area (Å²) >= 11 is 0. The molecule has 0 amide bonds. The molecule has 1 heterocycles. The van der Waals surface area contributed by atoms with Crippen LogP contribution in [-0.4, -0.2) is 15.6 Å². The number of nitrogens with zero attached hydrogens (tertiary/aromatic N) is 1. The molecule has 1 aliphatic rings. The van der Waals surface area contributed by atoms with Crippen molar-refractivity contribution in [1.29, 1.82) is 0 Å². The van der Waals surface area contributed by atoms with Gasteiger partial charge in [-0.1, -0.05) is 0 Å². The first-order chi connectivity index (χ1) is 7.65. The van der Waals surface area contributed by atoms with E-state index in [0.717, 1.165) is 31.4 Å². The molecule has 1 aromatic heterocycles. The summed E-state index contributed by atoms with van der Waals surface area (Å²) in [6.45, 7) is 2.67. The van der Waals surface area contributed by atoms with Gasteiger partial charge in [-0.05, 0) is 32.6 Å². The maximum absolute atomic E-state index is 11.9. The Kier molecular flexibility index (Phi) is 2.81. The summed E-state index contributed by atoms with van der Waals surface area (Å²) in [7, 11) is 0. The number of fused-ring (bicyclic) bond motifs is 1. The molecule has 1 aliphatic carbocycles. The Labute approximate surface area is 93.5 Å². The van der Waals surface area contributed by atoms with Gasteiger partial charge in [-0.15, -0.1) is 0 Å². The topological polar surface area (TPSA) is 59.3 Å². The lowest BCUT2D eigenvalue weighted by Crippen LogP contribution is -2.27. The molecule has 16 heavy (non-hydrogen) atoms. The van der Waals surface area contributed by atoms with Gasteiger partial charge in [0.05, 0.1) is 0 Å². The van der Waals surface area contributed by atoms with Crippen LogP contribution in [0.15, 0.2) is 11.0 Å². The molecule has 0 saturated carbocycles. The average molecular weight is 221 g/mol. The molecule has 0 fully saturated rings. The zero-order chi connectivity index (χ0) is 11.7. The van der Waals surface area contributed by atoms with Crippen molar-refractivity contribution in [3.8, 4) is 0 Å². The van der Waals surface area contributed by atoms with Crippen molar-refractivity contribution in [2.45, 2.75) is 39.2 Å². The van der Waals surface area contributed by atoms with Gasteiger partial charge in [0.1, 0.15) is 5.56 Å². The molecule has 0 spiro atoms. The van der Waals surface area contributed by atoms with Crippen LogP contribution in [0, 0.1) is 0 Å². The van der Waals surface area contributed by atoms with Gasteiger partial charge in [0, 0.05) is 24.0 Å². The van der Waals surface area contributed by atoms with E-state index in [0.29, 0.717) is 12.1 Å². The molecule has 0 saturated heterocycles. The second kappa shape index (κ2) is 4.12. The molecular formula is C12H15NO3. The zero-order valence-electron chi connectivity index (χ0n) is 9.32. The Balaban J connectivity index is 2.70. The van der Waals surface area contributed by atoms with E-state index in [9.17, 15) is 9.59 Å². The van der Waals surface area contributed by atoms with Gasteiger partial charge in [0.15, 0.2) is 5.43 Å². The molecule has 2 rings (SSSR count). The monoisotopic (exact) mass is 221 g/mol. The van der Waals surface area contributed by atoms with Crippen LogP contribution < -0.4 is 5.43 Å². The van der Waals surface area contributed by atoms with E-state index in [2.05, 4.69) is 0 Å². The van der Waals surface area contributed by atoms with Crippen molar-refractivity contribution in [1.82, 2.24) is 4.57 Å². The molecule has 1 aromatic rings. The number of pyridine rings is 1. The molecule has 0 aliphatic heterocycles. The lowest BCUT2D eigenvalue weighted by molar-refractivity contribution is 0.0694. The third-order valence-electron chi connectivity index (χ3n) is 3.16. The number of carboxylic acid groups (broad SMARTS) is 1. The first-order valence-electron chi connectivity index (χ1n) is 5.63. The summed E-state index contributed by atoms with van der Waals surface area (Å²) in [4.78, 5) is 22.9. The molecular weight excluding hydrogens is 206 g/mol. The van der Waals surface area contributed by atoms with E-state index >= 15 is 0 Å². The molecule has 4 heteroatoms. The molecule has 1 N–H and O–H groups in total. The number of aromatic nitrogens is 1. The van der Waals surface area contributed by atoms with Gasteiger partial charge in [-0.25, -0.2) is 4.79 Å². The second-order valence-corrected chi connectivity index (χ2v) is 4.10. The van der Waals surface area contributed by atoms with Crippen LogP contribution >= 0.6 is 0 Å². The Hall–Kier alpha value is -1.58. The highest BCUT2D eigenvalue weighted by atomic mass is 16.4. The largest absolute Gasteiger partial charge is 0.477 e. The van der Waals surface area contributed by atoms with E-state index < -0.39 is 5.97 Å². The van der Waals surface area contributed by atoms with Crippen LogP contribution in [0.3, 0.4) is 0 Å². The van der Waals surface area contributed by atoms with Gasteiger partial charge in [-0.2, -0.15) is 0 Å². The standard InChI is InChI=1S/C12H15NO3/c1-2-13-7-9(12(15)16)11(14)8-5-3-4-6-10(8)13/h7H,2-6H2,1H3,(H,15,16). The van der Waals surface area contributed by atoms with E-state index in [1.165, 1.54) is 6.20 Å². The number of hydrogen-bond donors (Lipinski definition) is 1. The van der Waals surface area contributed by atoms with Gasteiger partial charge < -0.3 is 9.67 Å². The predicted octanol–water partition coefficient (Wildman–Crippen LogP) is 1.45. The summed E-state index contributed by atoms with van der Waals surface area (Å²) in [5.74, 6) is -1.12. The summed E-state index contributed by atoms with van der Waals surface area (Å²) in [5.41, 5.74) is 1.37. The molecule has 0 unspecified atom stereocenters.